The van der Waals surface area contributed by atoms with Crippen LogP contribution in [0, 0.1) is 0 Å². The molecule has 4 heteroatoms. The Morgan fingerprint density at radius 3 is 2.43 bits per heavy atom. The van der Waals surface area contributed by atoms with E-state index in [2.05, 4.69) is 42.9 Å². The largest absolute Gasteiger partial charge is 0.337 e. The van der Waals surface area contributed by atoms with Crippen molar-refractivity contribution in [3.8, 4) is 0 Å². The molecule has 120 valence electrons. The maximum atomic E-state index is 12.5. The molecule has 2 rings (SSSR count). The predicted octanol–water partition coefficient (Wildman–Crippen LogP) is 3.49. The summed E-state index contributed by atoms with van der Waals surface area (Å²) in [6, 6.07) is 0.435. The minimum atomic E-state index is -0.373. The number of nitrogens with one attached hydrogen (secondary N) is 1. The number of amides is 1. The van der Waals surface area contributed by atoms with Gasteiger partial charge in [0.1, 0.15) is 11.4 Å². The Labute approximate surface area is 129 Å². The number of fused-ring (bicyclic) bond motifs is 1. The number of amidine groups is 1. The van der Waals surface area contributed by atoms with Gasteiger partial charge in [0.05, 0.1) is 5.70 Å². The number of nitrogens with zero attached hydrogens (tertiary/aromatic N) is 2. The summed E-state index contributed by atoms with van der Waals surface area (Å²) >= 11 is 0. The molecule has 0 spiro atoms. The van der Waals surface area contributed by atoms with Crippen LogP contribution in [-0.4, -0.2) is 35.3 Å². The third kappa shape index (κ3) is 2.99. The number of hydrogen-bond acceptors (Lipinski definition) is 2. The lowest BCUT2D eigenvalue weighted by Gasteiger charge is -2.45. The first-order valence-corrected chi connectivity index (χ1v) is 8.30. The van der Waals surface area contributed by atoms with Gasteiger partial charge in [-0.2, -0.15) is 0 Å². The average Bonchev–Trinajstić information content (AvgIpc) is 2.88. The van der Waals surface area contributed by atoms with Gasteiger partial charge in [-0.1, -0.05) is 40.2 Å². The number of aliphatic imine (C=N–C) groups is 1. The molecule has 0 aliphatic carbocycles. The predicted molar refractivity (Wildman–Crippen MR) is 89.4 cm³/mol. The highest BCUT2D eigenvalue weighted by atomic mass is 16.2. The Kier molecular flexibility index (Phi) is 6.43. The summed E-state index contributed by atoms with van der Waals surface area (Å²) in [6.07, 6.45) is 7.10. The second kappa shape index (κ2) is 7.62. The summed E-state index contributed by atoms with van der Waals surface area (Å²) in [7, 11) is 1.81. The summed E-state index contributed by atoms with van der Waals surface area (Å²) in [4.78, 5) is 19.2. The van der Waals surface area contributed by atoms with Crippen LogP contribution in [0.3, 0.4) is 0 Å². The van der Waals surface area contributed by atoms with Gasteiger partial charge in [0.15, 0.2) is 0 Å². The van der Waals surface area contributed by atoms with Crippen molar-refractivity contribution in [1.82, 2.24) is 10.2 Å². The SMILES string of the molecule is C/C=C1/NC(=O)C2(CC)CCC(CC)N2C1=NC.CCC. The Bertz CT molecular complexity index is 428. The van der Waals surface area contributed by atoms with Crippen LogP contribution < -0.4 is 5.32 Å². The minimum Gasteiger partial charge on any atom is -0.337 e. The van der Waals surface area contributed by atoms with Gasteiger partial charge in [-0.3, -0.25) is 9.79 Å². The third-order valence-electron chi connectivity index (χ3n) is 4.41. The summed E-state index contributed by atoms with van der Waals surface area (Å²) in [6.45, 7) is 10.5. The fraction of sp³-hybridized carbons (Fsp3) is 0.765. The van der Waals surface area contributed by atoms with E-state index in [-0.39, 0.29) is 11.4 Å². The zero-order valence-electron chi connectivity index (χ0n) is 14.5. The number of carbonyl (C=O) groups excluding carboxylic acids is 1. The molecule has 0 saturated carbocycles. The van der Waals surface area contributed by atoms with Crippen molar-refractivity contribution in [1.29, 1.82) is 0 Å². The van der Waals surface area contributed by atoms with Crippen molar-refractivity contribution < 1.29 is 4.79 Å². The maximum Gasteiger partial charge on any atom is 0.250 e. The van der Waals surface area contributed by atoms with E-state index in [0.29, 0.717) is 6.04 Å². The first kappa shape index (κ1) is 17.7. The van der Waals surface area contributed by atoms with E-state index in [1.807, 2.05) is 20.0 Å². The highest BCUT2D eigenvalue weighted by molar-refractivity contribution is 6.09. The Morgan fingerprint density at radius 1 is 1.38 bits per heavy atom. The first-order chi connectivity index (χ1) is 10.1. The van der Waals surface area contributed by atoms with Crippen molar-refractivity contribution in [2.45, 2.75) is 78.3 Å². The van der Waals surface area contributed by atoms with Gasteiger partial charge in [0, 0.05) is 13.1 Å². The Balaban J connectivity index is 0.000000677. The van der Waals surface area contributed by atoms with Crippen LogP contribution in [0.25, 0.3) is 0 Å². The van der Waals surface area contributed by atoms with Gasteiger partial charge in [0.25, 0.3) is 0 Å². The Hall–Kier alpha value is -1.32. The zero-order chi connectivity index (χ0) is 16.0. The molecule has 2 aliphatic rings. The van der Waals surface area contributed by atoms with Crippen LogP contribution in [-0.2, 0) is 4.79 Å². The molecule has 21 heavy (non-hydrogen) atoms. The standard InChI is InChI=1S/C14H23N3O.C3H8/c1-5-10-8-9-14(7-3)13(18)16-11(6-2)12(15-4)17(10)14;1-3-2/h6,10H,5,7-9H2,1-4H3,(H,16,18);3H2,1-2H3/b11-6+,15-12?;. The van der Waals surface area contributed by atoms with E-state index in [4.69, 9.17) is 0 Å². The van der Waals surface area contributed by atoms with E-state index in [9.17, 15) is 4.79 Å². The van der Waals surface area contributed by atoms with Crippen molar-refractivity contribution in [3.63, 3.8) is 0 Å². The normalized spacial score (nSPS) is 31.8. The topological polar surface area (TPSA) is 44.7 Å². The maximum absolute atomic E-state index is 12.5. The van der Waals surface area contributed by atoms with E-state index in [1.54, 1.807) is 0 Å². The van der Waals surface area contributed by atoms with Crippen LogP contribution in [0.5, 0.6) is 0 Å². The molecular formula is C17H31N3O. The van der Waals surface area contributed by atoms with Gasteiger partial charge in [-0.05, 0) is 32.6 Å². The van der Waals surface area contributed by atoms with Crippen molar-refractivity contribution in [2.75, 3.05) is 7.05 Å². The van der Waals surface area contributed by atoms with Gasteiger partial charge in [-0.25, -0.2) is 0 Å². The smallest absolute Gasteiger partial charge is 0.250 e. The van der Waals surface area contributed by atoms with E-state index < -0.39 is 0 Å². The van der Waals surface area contributed by atoms with Crippen molar-refractivity contribution in [3.05, 3.63) is 11.8 Å². The molecule has 2 aliphatic heterocycles. The molecule has 0 radical (unpaired) electrons. The number of allylic oxidation sites excluding steroid dienone is 1. The fourth-order valence-electron chi connectivity index (χ4n) is 3.35. The van der Waals surface area contributed by atoms with E-state index in [1.165, 1.54) is 6.42 Å². The second-order valence-corrected chi connectivity index (χ2v) is 5.77. The van der Waals surface area contributed by atoms with Crippen LogP contribution in [0.4, 0.5) is 0 Å². The van der Waals surface area contributed by atoms with Crippen LogP contribution in [0.2, 0.25) is 0 Å². The summed E-state index contributed by atoms with van der Waals surface area (Å²) in [5.74, 6) is 1.09. The lowest BCUT2D eigenvalue weighted by atomic mass is 9.89. The molecule has 0 bridgehead atoms. The second-order valence-electron chi connectivity index (χ2n) is 5.77. The molecule has 2 unspecified atom stereocenters. The molecule has 0 aromatic rings. The minimum absolute atomic E-state index is 0.140. The van der Waals surface area contributed by atoms with Gasteiger partial charge in [-0.15, -0.1) is 0 Å². The van der Waals surface area contributed by atoms with Gasteiger partial charge >= 0.3 is 0 Å². The quantitative estimate of drug-likeness (QED) is 0.847. The average molecular weight is 293 g/mol. The lowest BCUT2D eigenvalue weighted by molar-refractivity contribution is -0.131. The van der Waals surface area contributed by atoms with E-state index >= 15 is 0 Å². The highest BCUT2D eigenvalue weighted by Crippen LogP contribution is 2.41. The molecule has 0 aromatic heterocycles. The highest BCUT2D eigenvalue weighted by Gasteiger charge is 2.54. The fourth-order valence-corrected chi connectivity index (χ4v) is 3.35. The molecule has 2 atom stereocenters. The number of hydrogen-bond donors (Lipinski definition) is 1. The lowest BCUT2D eigenvalue weighted by Crippen LogP contribution is -2.64. The monoisotopic (exact) mass is 293 g/mol. The zero-order valence-corrected chi connectivity index (χ0v) is 14.5. The molecule has 4 nitrogen and oxygen atoms in total. The molecule has 2 heterocycles. The summed E-state index contributed by atoms with van der Waals surface area (Å²) in [5.41, 5.74) is 0.481. The van der Waals surface area contributed by atoms with Crippen LogP contribution in [0.1, 0.15) is 66.7 Å². The van der Waals surface area contributed by atoms with Gasteiger partial charge in [0.2, 0.25) is 5.91 Å². The summed E-state index contributed by atoms with van der Waals surface area (Å²) in [5, 5.41) is 3.02. The van der Waals surface area contributed by atoms with Crippen molar-refractivity contribution >= 4 is 11.7 Å². The first-order valence-electron chi connectivity index (χ1n) is 8.30. The van der Waals surface area contributed by atoms with E-state index in [0.717, 1.165) is 37.2 Å². The molecular weight excluding hydrogens is 262 g/mol. The molecule has 1 amide bonds. The molecule has 0 aromatic carbocycles. The van der Waals surface area contributed by atoms with Crippen molar-refractivity contribution in [2.24, 2.45) is 4.99 Å². The number of rotatable bonds is 2. The molecule has 1 N–H and O–H groups in total. The molecule has 2 saturated heterocycles. The molecule has 2 fully saturated rings. The number of carbonyl (C=O) groups is 1. The summed E-state index contributed by atoms with van der Waals surface area (Å²) < 4.78 is 0. The van der Waals surface area contributed by atoms with Gasteiger partial charge < -0.3 is 10.2 Å². The third-order valence-corrected chi connectivity index (χ3v) is 4.41. The number of piperazine rings is 1. The van der Waals surface area contributed by atoms with Crippen LogP contribution >= 0.6 is 0 Å². The Morgan fingerprint density at radius 2 is 2.00 bits per heavy atom. The van der Waals surface area contributed by atoms with Crippen LogP contribution in [0.15, 0.2) is 16.8 Å².